The minimum absolute atomic E-state index is 0.220. The monoisotopic (exact) mass is 298 g/mol. The molecule has 0 aliphatic carbocycles. The lowest BCUT2D eigenvalue weighted by Crippen LogP contribution is -2.32. The van der Waals surface area contributed by atoms with Gasteiger partial charge in [0.25, 0.3) is 0 Å². The third-order valence-corrected chi connectivity index (χ3v) is 4.25. The molecule has 0 N–H and O–H groups in total. The lowest BCUT2D eigenvalue weighted by molar-refractivity contribution is -0.137. The van der Waals surface area contributed by atoms with Crippen LogP contribution in [-0.4, -0.2) is 29.7 Å². The van der Waals surface area contributed by atoms with Crippen molar-refractivity contribution in [2.24, 2.45) is 0 Å². The van der Waals surface area contributed by atoms with Crippen LogP contribution in [0.15, 0.2) is 22.7 Å². The number of nitrogens with zero attached hydrogens (tertiary/aromatic N) is 2. The number of halogens is 3. The Bertz CT molecular complexity index is 627. The molecule has 0 atom stereocenters. The molecule has 1 aliphatic heterocycles. The fourth-order valence-corrected chi connectivity index (χ4v) is 2.95. The highest BCUT2D eigenvalue weighted by atomic mass is 19.4. The molecular weight excluding hydrogens is 281 g/mol. The number of rotatable bonds is 2. The van der Waals surface area contributed by atoms with Crippen LogP contribution in [-0.2, 0) is 6.18 Å². The van der Waals surface area contributed by atoms with E-state index < -0.39 is 11.7 Å². The Morgan fingerprint density at radius 3 is 2.62 bits per heavy atom. The first-order chi connectivity index (χ1) is 9.99. The average molecular weight is 298 g/mol. The first-order valence-electron chi connectivity index (χ1n) is 7.18. The van der Waals surface area contributed by atoms with Crippen LogP contribution < -0.4 is 0 Å². The van der Waals surface area contributed by atoms with Gasteiger partial charge in [-0.2, -0.15) is 13.2 Å². The van der Waals surface area contributed by atoms with Gasteiger partial charge in [0.15, 0.2) is 5.58 Å². The molecule has 1 aliphatic rings. The molecule has 0 saturated carbocycles. The van der Waals surface area contributed by atoms with E-state index in [1.165, 1.54) is 6.07 Å². The van der Waals surface area contributed by atoms with Crippen LogP contribution in [0.1, 0.15) is 36.9 Å². The first kappa shape index (κ1) is 14.4. The zero-order valence-corrected chi connectivity index (χ0v) is 11.8. The standard InChI is InChI=1S/C15H17F3N2O/c1-2-20-7-5-10(6-8-20)14-12-4-3-11(15(16,17)18)9-13(12)21-19-14/h3-4,9-10H,2,5-8H2,1H3. The van der Waals surface area contributed by atoms with Gasteiger partial charge in [-0.05, 0) is 50.7 Å². The molecule has 1 aromatic heterocycles. The molecule has 2 heterocycles. The number of benzene rings is 1. The minimum Gasteiger partial charge on any atom is -0.356 e. The van der Waals surface area contributed by atoms with E-state index >= 15 is 0 Å². The summed E-state index contributed by atoms with van der Waals surface area (Å²) in [5, 5.41) is 4.74. The van der Waals surface area contributed by atoms with Crippen LogP contribution in [0.5, 0.6) is 0 Å². The Labute approximate surface area is 120 Å². The first-order valence-corrected chi connectivity index (χ1v) is 7.18. The van der Waals surface area contributed by atoms with E-state index in [4.69, 9.17) is 4.52 Å². The molecule has 2 aromatic rings. The summed E-state index contributed by atoms with van der Waals surface area (Å²) in [6.45, 7) is 5.15. The number of fused-ring (bicyclic) bond motifs is 1. The highest BCUT2D eigenvalue weighted by molar-refractivity contribution is 5.80. The fourth-order valence-electron chi connectivity index (χ4n) is 2.95. The second-order valence-corrected chi connectivity index (χ2v) is 5.49. The van der Waals surface area contributed by atoms with Gasteiger partial charge in [0.1, 0.15) is 0 Å². The van der Waals surface area contributed by atoms with Gasteiger partial charge >= 0.3 is 6.18 Å². The van der Waals surface area contributed by atoms with Crippen molar-refractivity contribution in [2.45, 2.75) is 31.9 Å². The van der Waals surface area contributed by atoms with E-state index in [1.54, 1.807) is 0 Å². The van der Waals surface area contributed by atoms with Gasteiger partial charge in [-0.25, -0.2) is 0 Å². The third-order valence-electron chi connectivity index (χ3n) is 4.25. The SMILES string of the molecule is CCN1CCC(c2noc3cc(C(F)(F)F)ccc23)CC1. The maximum Gasteiger partial charge on any atom is 0.416 e. The molecule has 0 spiro atoms. The zero-order chi connectivity index (χ0) is 15.0. The van der Waals surface area contributed by atoms with Crippen molar-refractivity contribution >= 4 is 11.0 Å². The van der Waals surface area contributed by atoms with Crippen LogP contribution in [0, 0.1) is 0 Å². The van der Waals surface area contributed by atoms with E-state index in [2.05, 4.69) is 17.0 Å². The van der Waals surface area contributed by atoms with Crippen molar-refractivity contribution in [2.75, 3.05) is 19.6 Å². The highest BCUT2D eigenvalue weighted by Crippen LogP contribution is 2.36. The van der Waals surface area contributed by atoms with E-state index in [0.29, 0.717) is 5.39 Å². The summed E-state index contributed by atoms with van der Waals surface area (Å²) in [4.78, 5) is 2.36. The summed E-state index contributed by atoms with van der Waals surface area (Å²) in [6, 6.07) is 3.62. The number of aromatic nitrogens is 1. The predicted octanol–water partition coefficient (Wildman–Crippen LogP) is 4.05. The van der Waals surface area contributed by atoms with Gasteiger partial charge in [0.05, 0.1) is 11.3 Å². The minimum atomic E-state index is -4.35. The quantitative estimate of drug-likeness (QED) is 0.837. The van der Waals surface area contributed by atoms with E-state index in [1.807, 2.05) is 0 Å². The van der Waals surface area contributed by atoms with Gasteiger partial charge in [-0.3, -0.25) is 0 Å². The second kappa shape index (κ2) is 5.33. The van der Waals surface area contributed by atoms with Crippen molar-refractivity contribution in [1.82, 2.24) is 10.1 Å². The largest absolute Gasteiger partial charge is 0.416 e. The summed E-state index contributed by atoms with van der Waals surface area (Å²) < 4.78 is 43.2. The number of piperidine rings is 1. The normalized spacial score (nSPS) is 18.5. The Hall–Kier alpha value is -1.56. The Balaban J connectivity index is 1.88. The summed E-state index contributed by atoms with van der Waals surface area (Å²) in [5.41, 5.74) is 0.325. The molecule has 21 heavy (non-hydrogen) atoms. The zero-order valence-electron chi connectivity index (χ0n) is 11.8. The van der Waals surface area contributed by atoms with Gasteiger partial charge < -0.3 is 9.42 Å². The molecule has 1 saturated heterocycles. The van der Waals surface area contributed by atoms with E-state index in [0.717, 1.165) is 50.3 Å². The third kappa shape index (κ3) is 2.77. The van der Waals surface area contributed by atoms with Crippen LogP contribution in [0.25, 0.3) is 11.0 Å². The Kier molecular flexibility index (Phi) is 3.65. The molecule has 0 radical (unpaired) electrons. The fraction of sp³-hybridized carbons (Fsp3) is 0.533. The molecule has 1 aromatic carbocycles. The summed E-state index contributed by atoms with van der Waals surface area (Å²) in [6.07, 6.45) is -2.42. The van der Waals surface area contributed by atoms with Gasteiger partial charge in [-0.1, -0.05) is 12.1 Å². The maximum absolute atomic E-state index is 12.7. The lowest BCUT2D eigenvalue weighted by atomic mass is 9.91. The lowest BCUT2D eigenvalue weighted by Gasteiger charge is -2.30. The number of alkyl halides is 3. The Morgan fingerprint density at radius 1 is 1.29 bits per heavy atom. The van der Waals surface area contributed by atoms with Crippen molar-refractivity contribution < 1.29 is 17.7 Å². The molecular formula is C15H17F3N2O. The highest BCUT2D eigenvalue weighted by Gasteiger charge is 2.32. The number of hydrogen-bond donors (Lipinski definition) is 0. The van der Waals surface area contributed by atoms with E-state index in [-0.39, 0.29) is 11.5 Å². The average Bonchev–Trinajstić information content (AvgIpc) is 2.89. The molecule has 1 fully saturated rings. The molecule has 0 amide bonds. The molecule has 114 valence electrons. The Morgan fingerprint density at radius 2 is 2.00 bits per heavy atom. The number of hydrogen-bond acceptors (Lipinski definition) is 3. The summed E-state index contributed by atoms with van der Waals surface area (Å²) >= 11 is 0. The molecule has 3 rings (SSSR count). The number of likely N-dealkylation sites (tertiary alicyclic amines) is 1. The van der Waals surface area contributed by atoms with Gasteiger partial charge in [0, 0.05) is 11.3 Å². The van der Waals surface area contributed by atoms with Crippen molar-refractivity contribution in [3.05, 3.63) is 29.5 Å². The van der Waals surface area contributed by atoms with E-state index in [9.17, 15) is 13.2 Å². The molecule has 0 unspecified atom stereocenters. The van der Waals surface area contributed by atoms with Gasteiger partial charge in [0.2, 0.25) is 0 Å². The summed E-state index contributed by atoms with van der Waals surface area (Å²) in [5.74, 6) is 0.269. The van der Waals surface area contributed by atoms with Crippen molar-refractivity contribution in [3.8, 4) is 0 Å². The van der Waals surface area contributed by atoms with Crippen LogP contribution >= 0.6 is 0 Å². The van der Waals surface area contributed by atoms with Crippen molar-refractivity contribution in [3.63, 3.8) is 0 Å². The maximum atomic E-state index is 12.7. The smallest absolute Gasteiger partial charge is 0.356 e. The molecule has 3 nitrogen and oxygen atoms in total. The molecule has 6 heteroatoms. The topological polar surface area (TPSA) is 29.3 Å². The van der Waals surface area contributed by atoms with Gasteiger partial charge in [-0.15, -0.1) is 0 Å². The van der Waals surface area contributed by atoms with Crippen LogP contribution in [0.2, 0.25) is 0 Å². The van der Waals surface area contributed by atoms with Crippen molar-refractivity contribution in [1.29, 1.82) is 0 Å². The molecule has 0 bridgehead atoms. The second-order valence-electron chi connectivity index (χ2n) is 5.49. The summed E-state index contributed by atoms with van der Waals surface area (Å²) in [7, 11) is 0. The van der Waals surface area contributed by atoms with Crippen LogP contribution in [0.4, 0.5) is 13.2 Å². The predicted molar refractivity (Wildman–Crippen MR) is 73.1 cm³/mol. The van der Waals surface area contributed by atoms with Crippen LogP contribution in [0.3, 0.4) is 0 Å².